The monoisotopic (exact) mass is 216 g/mol. The zero-order valence-corrected chi connectivity index (χ0v) is 11.9. The molecule has 1 saturated heterocycles. The Morgan fingerprint density at radius 1 is 0.933 bits per heavy atom. The van der Waals surface area contributed by atoms with E-state index in [-0.39, 0.29) is 0 Å². The fraction of sp³-hybridized carbons (Fsp3) is 1.00. The number of nitrogens with zero attached hydrogens (tertiary/aromatic N) is 1. The van der Waals surface area contributed by atoms with E-state index in [4.69, 9.17) is 5.73 Å². The molecule has 94 valence electrons. The van der Waals surface area contributed by atoms with Crippen LogP contribution in [-0.4, -0.2) is 29.6 Å². The van der Waals surface area contributed by atoms with Crippen LogP contribution in [0.2, 0.25) is 0 Å². The number of rotatable bonds is 0. The predicted octanol–water partition coefficient (Wildman–Crippen LogP) is 3.26. The Bertz CT molecular complexity index is 119. The van der Waals surface area contributed by atoms with Gasteiger partial charge in [0.15, 0.2) is 0 Å². The molecule has 1 heterocycles. The molecule has 0 aromatic rings. The largest absolute Gasteiger partial charge is 0.328 e. The zero-order valence-electron chi connectivity index (χ0n) is 11.9. The molecule has 1 fully saturated rings. The van der Waals surface area contributed by atoms with Crippen molar-refractivity contribution in [1.29, 1.82) is 0 Å². The van der Waals surface area contributed by atoms with Gasteiger partial charge in [0.2, 0.25) is 0 Å². The first-order valence-electron chi connectivity index (χ1n) is 6.51. The fourth-order valence-electron chi connectivity index (χ4n) is 1.57. The minimum Gasteiger partial charge on any atom is -0.328 e. The van der Waals surface area contributed by atoms with Crippen molar-refractivity contribution in [3.05, 3.63) is 0 Å². The Morgan fingerprint density at radius 3 is 1.53 bits per heavy atom. The van der Waals surface area contributed by atoms with Crippen LogP contribution in [0.25, 0.3) is 0 Å². The summed E-state index contributed by atoms with van der Waals surface area (Å²) in [6, 6.07) is 0.452. The van der Waals surface area contributed by atoms with Crippen LogP contribution in [0.1, 0.15) is 61.3 Å². The lowest BCUT2D eigenvalue weighted by atomic mass is 9.99. The molecular formula is C13H32N2. The molecule has 1 aliphatic rings. The van der Waals surface area contributed by atoms with E-state index in [1.807, 2.05) is 27.7 Å². The van der Waals surface area contributed by atoms with Gasteiger partial charge in [0.05, 0.1) is 0 Å². The summed E-state index contributed by atoms with van der Waals surface area (Å²) in [7, 11) is 0. The number of hydrogen-bond acceptors (Lipinski definition) is 2. The van der Waals surface area contributed by atoms with E-state index < -0.39 is 0 Å². The predicted molar refractivity (Wildman–Crippen MR) is 71.2 cm³/mol. The molecule has 0 bridgehead atoms. The van der Waals surface area contributed by atoms with Gasteiger partial charge in [0.1, 0.15) is 0 Å². The first kappa shape index (κ1) is 17.3. The quantitative estimate of drug-likeness (QED) is 0.673. The van der Waals surface area contributed by atoms with Gasteiger partial charge in [-0.3, -0.25) is 4.90 Å². The third-order valence-electron chi connectivity index (χ3n) is 2.49. The van der Waals surface area contributed by atoms with E-state index in [1.54, 1.807) is 0 Å². The van der Waals surface area contributed by atoms with Crippen LogP contribution in [0.4, 0.5) is 0 Å². The summed E-state index contributed by atoms with van der Waals surface area (Å²) in [6.45, 7) is 17.1. The highest BCUT2D eigenvalue weighted by Crippen LogP contribution is 2.18. The molecular weight excluding hydrogens is 184 g/mol. The van der Waals surface area contributed by atoms with Gasteiger partial charge >= 0.3 is 0 Å². The molecule has 0 unspecified atom stereocenters. The summed E-state index contributed by atoms with van der Waals surface area (Å²) < 4.78 is 0. The van der Waals surface area contributed by atoms with E-state index >= 15 is 0 Å². The lowest BCUT2D eigenvalue weighted by Gasteiger charge is -2.40. The van der Waals surface area contributed by atoms with Gasteiger partial charge in [0, 0.05) is 24.7 Å². The van der Waals surface area contributed by atoms with E-state index in [0.29, 0.717) is 11.6 Å². The molecule has 0 atom stereocenters. The normalized spacial score (nSPS) is 18.4. The standard InChI is InChI=1S/C9H20N2.2C2H6/c1-9(2,3)11-6-4-8(10)5-7-11;2*1-2/h8H,4-7,10H2,1-3H3;2*1-2H3. The minimum atomic E-state index is 0.333. The van der Waals surface area contributed by atoms with Crippen LogP contribution >= 0.6 is 0 Å². The van der Waals surface area contributed by atoms with Crippen molar-refractivity contribution in [2.75, 3.05) is 13.1 Å². The maximum Gasteiger partial charge on any atom is 0.0125 e. The molecule has 2 nitrogen and oxygen atoms in total. The Morgan fingerprint density at radius 2 is 1.27 bits per heavy atom. The Hall–Kier alpha value is -0.0800. The van der Waals surface area contributed by atoms with Gasteiger partial charge in [0.25, 0.3) is 0 Å². The summed E-state index contributed by atoms with van der Waals surface area (Å²) in [5.74, 6) is 0. The molecule has 0 saturated carbocycles. The minimum absolute atomic E-state index is 0.333. The topological polar surface area (TPSA) is 29.3 Å². The fourth-order valence-corrected chi connectivity index (χ4v) is 1.57. The van der Waals surface area contributed by atoms with Crippen molar-refractivity contribution in [1.82, 2.24) is 4.90 Å². The molecule has 0 amide bonds. The van der Waals surface area contributed by atoms with E-state index in [1.165, 1.54) is 13.1 Å². The molecule has 0 spiro atoms. The first-order chi connectivity index (χ1) is 7.00. The van der Waals surface area contributed by atoms with Crippen LogP contribution in [0.3, 0.4) is 0 Å². The molecule has 0 aliphatic carbocycles. The smallest absolute Gasteiger partial charge is 0.0125 e. The molecule has 0 aromatic carbocycles. The summed E-state index contributed by atoms with van der Waals surface area (Å²) in [4.78, 5) is 2.51. The zero-order chi connectivity index (χ0) is 12.5. The molecule has 2 N–H and O–H groups in total. The number of likely N-dealkylation sites (tertiary alicyclic amines) is 1. The van der Waals surface area contributed by atoms with Crippen LogP contribution in [-0.2, 0) is 0 Å². The van der Waals surface area contributed by atoms with Crippen molar-refractivity contribution in [3.8, 4) is 0 Å². The number of piperidine rings is 1. The van der Waals surface area contributed by atoms with Gasteiger partial charge in [-0.1, -0.05) is 27.7 Å². The second-order valence-corrected chi connectivity index (χ2v) is 4.50. The van der Waals surface area contributed by atoms with Crippen LogP contribution < -0.4 is 5.73 Å². The van der Waals surface area contributed by atoms with Crippen molar-refractivity contribution in [2.45, 2.75) is 72.9 Å². The first-order valence-corrected chi connectivity index (χ1v) is 6.51. The SMILES string of the molecule is CC.CC.CC(C)(C)N1CCC(N)CC1. The van der Waals surface area contributed by atoms with Gasteiger partial charge < -0.3 is 5.73 Å². The number of nitrogens with two attached hydrogens (primary N) is 1. The molecule has 0 aromatic heterocycles. The van der Waals surface area contributed by atoms with Crippen molar-refractivity contribution in [2.24, 2.45) is 5.73 Å². The highest BCUT2D eigenvalue weighted by molar-refractivity contribution is 4.82. The summed E-state index contributed by atoms with van der Waals surface area (Å²) in [6.07, 6.45) is 2.33. The van der Waals surface area contributed by atoms with Gasteiger partial charge in [-0.25, -0.2) is 0 Å². The second kappa shape index (κ2) is 9.17. The lowest BCUT2D eigenvalue weighted by molar-refractivity contribution is 0.103. The van der Waals surface area contributed by atoms with Gasteiger partial charge in [-0.15, -0.1) is 0 Å². The average Bonchev–Trinajstić information content (AvgIpc) is 2.23. The average molecular weight is 216 g/mol. The Kier molecular flexibility index (Phi) is 10.6. The molecule has 1 aliphatic heterocycles. The maximum absolute atomic E-state index is 5.81. The van der Waals surface area contributed by atoms with E-state index in [2.05, 4.69) is 25.7 Å². The van der Waals surface area contributed by atoms with Crippen molar-refractivity contribution < 1.29 is 0 Å². The third-order valence-corrected chi connectivity index (χ3v) is 2.49. The Labute approximate surface area is 97.2 Å². The second-order valence-electron chi connectivity index (χ2n) is 4.50. The van der Waals surface area contributed by atoms with E-state index in [9.17, 15) is 0 Å². The Balaban J connectivity index is 0. The number of hydrogen-bond donors (Lipinski definition) is 1. The lowest BCUT2D eigenvalue weighted by Crippen LogP contribution is -2.48. The molecule has 15 heavy (non-hydrogen) atoms. The van der Waals surface area contributed by atoms with Gasteiger partial charge in [-0.2, -0.15) is 0 Å². The highest BCUT2D eigenvalue weighted by atomic mass is 15.2. The molecule has 1 rings (SSSR count). The third kappa shape index (κ3) is 7.80. The van der Waals surface area contributed by atoms with Crippen LogP contribution in [0, 0.1) is 0 Å². The van der Waals surface area contributed by atoms with Crippen molar-refractivity contribution >= 4 is 0 Å². The van der Waals surface area contributed by atoms with E-state index in [0.717, 1.165) is 12.8 Å². The molecule has 2 heteroatoms. The summed E-state index contributed by atoms with van der Waals surface area (Å²) >= 11 is 0. The van der Waals surface area contributed by atoms with Crippen molar-refractivity contribution in [3.63, 3.8) is 0 Å². The highest BCUT2D eigenvalue weighted by Gasteiger charge is 2.24. The van der Waals surface area contributed by atoms with Crippen LogP contribution in [0.5, 0.6) is 0 Å². The molecule has 0 radical (unpaired) electrons. The summed E-state index contributed by atoms with van der Waals surface area (Å²) in [5, 5.41) is 0. The van der Waals surface area contributed by atoms with Crippen LogP contribution in [0.15, 0.2) is 0 Å². The summed E-state index contributed by atoms with van der Waals surface area (Å²) in [5.41, 5.74) is 6.15. The van der Waals surface area contributed by atoms with Gasteiger partial charge in [-0.05, 0) is 33.6 Å². The maximum atomic E-state index is 5.81.